The second-order valence-electron chi connectivity index (χ2n) is 18.8. The van der Waals surface area contributed by atoms with Gasteiger partial charge in [0.05, 0.1) is 5.39 Å². The lowest BCUT2D eigenvalue weighted by Gasteiger charge is -2.16. The third-order valence-corrected chi connectivity index (χ3v) is 12.8. The van der Waals surface area contributed by atoms with Gasteiger partial charge in [0.2, 0.25) is 5.52 Å². The fourth-order valence-corrected chi connectivity index (χ4v) is 8.80. The van der Waals surface area contributed by atoms with Gasteiger partial charge in [-0.05, 0) is 99.1 Å². The number of hydrogen-bond donors (Lipinski definition) is 0. The molecule has 0 aliphatic rings. The van der Waals surface area contributed by atoms with Crippen LogP contribution in [0.15, 0.2) is 237 Å². The van der Waals surface area contributed by atoms with Crippen molar-refractivity contribution in [2.45, 2.75) is 46.2 Å². The molecule has 0 radical (unpaired) electrons. The Morgan fingerprint density at radius 3 is 1.09 bits per heavy atom. The van der Waals surface area contributed by atoms with Crippen molar-refractivity contribution in [2.75, 3.05) is 19.0 Å². The molecular weight excluding hydrogens is 941 g/mol. The highest BCUT2D eigenvalue weighted by atomic mass is 16.5. The Bertz CT molecular complexity index is 3200. The van der Waals surface area contributed by atoms with Gasteiger partial charge in [-0.1, -0.05) is 158 Å². The third-order valence-electron chi connectivity index (χ3n) is 12.8. The lowest BCUT2D eigenvalue weighted by molar-refractivity contribution is -0.662. The third kappa shape index (κ3) is 14.3. The van der Waals surface area contributed by atoms with E-state index in [-0.39, 0.29) is 13.2 Å². The average Bonchev–Trinajstić information content (AvgIpc) is 3.47. The monoisotopic (exact) mass is 1000 g/mol. The summed E-state index contributed by atoms with van der Waals surface area (Å²) in [5, 5.41) is 1.15. The fourth-order valence-electron chi connectivity index (χ4n) is 8.80. The number of aromatic nitrogens is 1. The molecule has 0 saturated heterocycles. The van der Waals surface area contributed by atoms with Gasteiger partial charge in [-0.15, -0.1) is 0 Å². The highest BCUT2D eigenvalue weighted by Crippen LogP contribution is 2.31. The van der Waals surface area contributed by atoms with Crippen LogP contribution in [0.25, 0.3) is 23.1 Å². The molecule has 1 heterocycles. The van der Waals surface area contributed by atoms with Crippen molar-refractivity contribution in [3.8, 4) is 34.5 Å². The van der Waals surface area contributed by atoms with Crippen LogP contribution in [0.1, 0.15) is 50.1 Å². The minimum absolute atomic E-state index is 0.255. The molecule has 0 spiro atoms. The van der Waals surface area contributed by atoms with E-state index in [4.69, 9.17) is 28.4 Å². The Kier molecular flexibility index (Phi) is 16.6. The summed E-state index contributed by atoms with van der Waals surface area (Å²) in [7, 11) is 4.11. The van der Waals surface area contributed by atoms with Crippen molar-refractivity contribution in [1.82, 2.24) is 0 Å². The molecule has 10 rings (SSSR count). The van der Waals surface area contributed by atoms with Crippen LogP contribution in [0, 0.1) is 0 Å². The molecule has 1 aromatic heterocycles. The maximum absolute atomic E-state index is 6.73. The Balaban J connectivity index is 0.940. The first-order chi connectivity index (χ1) is 37.4. The lowest BCUT2D eigenvalue weighted by Crippen LogP contribution is -2.34. The number of rotatable bonds is 23. The number of hydrogen-bond acceptors (Lipinski definition) is 7. The van der Waals surface area contributed by atoms with Gasteiger partial charge < -0.3 is 33.3 Å². The van der Waals surface area contributed by atoms with Crippen LogP contribution in [0.5, 0.6) is 34.5 Å². The zero-order valence-electron chi connectivity index (χ0n) is 43.0. The van der Waals surface area contributed by atoms with Gasteiger partial charge in [-0.3, -0.25) is 0 Å². The van der Waals surface area contributed by atoms with E-state index >= 15 is 0 Å². The summed E-state index contributed by atoms with van der Waals surface area (Å²) in [6.45, 7) is 2.75. The number of fused-ring (bicyclic) bond motifs is 1. The normalized spacial score (nSPS) is 11.1. The van der Waals surface area contributed by atoms with E-state index in [0.717, 1.165) is 61.0 Å². The van der Waals surface area contributed by atoms with Crippen molar-refractivity contribution in [1.29, 1.82) is 0 Å². The first-order valence-electron chi connectivity index (χ1n) is 25.6. The van der Waals surface area contributed by atoms with Gasteiger partial charge in [-0.25, -0.2) is 0 Å². The fraction of sp³-hybridized carbons (Fsp3) is 0.132. The van der Waals surface area contributed by atoms with E-state index in [1.165, 1.54) is 5.69 Å². The summed E-state index contributed by atoms with van der Waals surface area (Å²) in [6.07, 6.45) is 6.52. The molecule has 0 aliphatic carbocycles. The molecule has 378 valence electrons. The van der Waals surface area contributed by atoms with Gasteiger partial charge in [0.1, 0.15) is 74.1 Å². The Labute approximate surface area is 446 Å². The molecule has 0 saturated carbocycles. The number of ether oxygens (including phenoxy) is 6. The molecule has 9 aromatic carbocycles. The average molecular weight is 1000 g/mol. The van der Waals surface area contributed by atoms with E-state index in [2.05, 4.69) is 157 Å². The van der Waals surface area contributed by atoms with Crippen molar-refractivity contribution in [2.24, 2.45) is 0 Å². The number of anilines is 1. The molecule has 0 aliphatic heterocycles. The topological polar surface area (TPSA) is 62.5 Å². The lowest BCUT2D eigenvalue weighted by atomic mass is 10.1. The molecule has 0 fully saturated rings. The molecule has 0 N–H and O–H groups in total. The van der Waals surface area contributed by atoms with E-state index in [1.807, 2.05) is 115 Å². The van der Waals surface area contributed by atoms with Crippen LogP contribution < -0.4 is 37.9 Å². The standard InChI is InChI=1S/C68H61N2O6/c1-69(2)60-31-28-51(29-32-60)27-30-59-33-34-70(68-26-16-15-25-67(59)68)44-56-35-61(75-49-57-37-63(71-45-52-17-7-3-8-18-52)42-64(38-57)72-46-53-19-9-4-10-20-53)41-62(36-56)76-50-58-39-65(73-47-54-21-11-5-12-22-54)43-66(40-58)74-48-55-23-13-6-14-24-55/h3-43H,44-50H2,1-2H3/q+1. The van der Waals surface area contributed by atoms with Gasteiger partial charge in [0, 0.05) is 55.7 Å². The summed E-state index contributed by atoms with van der Waals surface area (Å²) >= 11 is 0. The predicted molar refractivity (Wildman–Crippen MR) is 304 cm³/mol. The number of benzene rings is 9. The molecule has 0 unspecified atom stereocenters. The molecule has 0 bridgehead atoms. The SMILES string of the molecule is CN(C)c1ccc(/C=C/c2cc[n+](Cc3cc(OCc4cc(OCc5ccccc5)cc(OCc5ccccc5)c4)cc(OCc4cc(OCc5ccccc5)cc(OCc5ccccc5)c4)c3)c3ccccc23)cc1. The van der Waals surface area contributed by atoms with Crippen LogP contribution in [0.4, 0.5) is 5.69 Å². The summed E-state index contributed by atoms with van der Waals surface area (Å²) in [6, 6.07) is 78.0. The first kappa shape index (κ1) is 50.3. The minimum Gasteiger partial charge on any atom is -0.489 e. The van der Waals surface area contributed by atoms with Crippen molar-refractivity contribution in [3.05, 3.63) is 287 Å². The van der Waals surface area contributed by atoms with Gasteiger partial charge >= 0.3 is 0 Å². The summed E-state index contributed by atoms with van der Waals surface area (Å²) in [5.74, 6) is 4.08. The molecule has 0 atom stereocenters. The summed E-state index contributed by atoms with van der Waals surface area (Å²) < 4.78 is 41.2. The maximum atomic E-state index is 6.73. The number of pyridine rings is 1. The van der Waals surface area contributed by atoms with Crippen molar-refractivity contribution < 1.29 is 33.0 Å². The van der Waals surface area contributed by atoms with Crippen LogP contribution in [0.2, 0.25) is 0 Å². The molecule has 10 aromatic rings. The minimum atomic E-state index is 0.255. The van der Waals surface area contributed by atoms with E-state index in [0.29, 0.717) is 67.5 Å². The molecule has 8 nitrogen and oxygen atoms in total. The smallest absolute Gasteiger partial charge is 0.213 e. The predicted octanol–water partition coefficient (Wildman–Crippen LogP) is 14.9. The van der Waals surface area contributed by atoms with E-state index in [1.54, 1.807) is 0 Å². The zero-order valence-corrected chi connectivity index (χ0v) is 43.0. The highest BCUT2D eigenvalue weighted by molar-refractivity contribution is 5.88. The summed E-state index contributed by atoms with van der Waals surface area (Å²) in [5.41, 5.74) is 11.6. The van der Waals surface area contributed by atoms with Crippen LogP contribution in [-0.2, 0) is 46.2 Å². The second-order valence-corrected chi connectivity index (χ2v) is 18.8. The Morgan fingerprint density at radius 2 is 0.697 bits per heavy atom. The Hall–Kier alpha value is -9.27. The van der Waals surface area contributed by atoms with Gasteiger partial charge in [0.25, 0.3) is 0 Å². The number of para-hydroxylation sites is 1. The van der Waals surface area contributed by atoms with Crippen LogP contribution in [0.3, 0.4) is 0 Å². The van der Waals surface area contributed by atoms with Crippen molar-refractivity contribution >= 4 is 28.7 Å². The molecule has 8 heteroatoms. The first-order valence-corrected chi connectivity index (χ1v) is 25.6. The largest absolute Gasteiger partial charge is 0.489 e. The van der Waals surface area contributed by atoms with E-state index < -0.39 is 0 Å². The quantitative estimate of drug-likeness (QED) is 0.0592. The Morgan fingerprint density at radius 1 is 0.342 bits per heavy atom. The molecule has 76 heavy (non-hydrogen) atoms. The van der Waals surface area contributed by atoms with E-state index in [9.17, 15) is 0 Å². The second kappa shape index (κ2) is 25.1. The van der Waals surface area contributed by atoms with Gasteiger partial charge in [0.15, 0.2) is 12.7 Å². The highest BCUT2D eigenvalue weighted by Gasteiger charge is 2.16. The van der Waals surface area contributed by atoms with Gasteiger partial charge in [-0.2, -0.15) is 4.57 Å². The van der Waals surface area contributed by atoms with Crippen molar-refractivity contribution in [3.63, 3.8) is 0 Å². The zero-order chi connectivity index (χ0) is 51.7. The summed E-state index contributed by atoms with van der Waals surface area (Å²) in [4.78, 5) is 2.11. The number of nitrogens with zero attached hydrogens (tertiary/aromatic N) is 2. The maximum Gasteiger partial charge on any atom is 0.213 e. The van der Waals surface area contributed by atoms with Crippen LogP contribution >= 0.6 is 0 Å². The van der Waals surface area contributed by atoms with Crippen LogP contribution in [-0.4, -0.2) is 14.1 Å². The molecular formula is C68H61N2O6+. The molecule has 0 amide bonds.